The van der Waals surface area contributed by atoms with Crippen LogP contribution in [0, 0.1) is 17.0 Å². The normalized spacial score (nSPS) is 10.2. The molecule has 1 N–H and O–H groups in total. The molecule has 1 aromatic heterocycles. The van der Waals surface area contributed by atoms with Crippen LogP contribution in [-0.2, 0) is 11.3 Å². The molecule has 1 heterocycles. The number of unbranched alkanes of at least 4 members (excludes halogenated alkanes) is 1. The van der Waals surface area contributed by atoms with Crippen molar-refractivity contribution in [3.63, 3.8) is 0 Å². The van der Waals surface area contributed by atoms with Gasteiger partial charge < -0.3 is 5.32 Å². The van der Waals surface area contributed by atoms with Gasteiger partial charge in [-0.05, 0) is 13.3 Å². The zero-order chi connectivity index (χ0) is 12.8. The second-order valence-electron chi connectivity index (χ2n) is 3.76. The minimum Gasteiger partial charge on any atom is -0.354 e. The Kier molecular flexibility index (Phi) is 4.62. The van der Waals surface area contributed by atoms with E-state index in [4.69, 9.17) is 0 Å². The van der Waals surface area contributed by atoms with Crippen LogP contribution in [0.15, 0.2) is 6.20 Å². The van der Waals surface area contributed by atoms with Gasteiger partial charge in [-0.3, -0.25) is 19.6 Å². The van der Waals surface area contributed by atoms with Crippen LogP contribution in [-0.4, -0.2) is 27.2 Å². The van der Waals surface area contributed by atoms with Crippen LogP contribution in [0.2, 0.25) is 0 Å². The number of carbonyl (C=O) groups excluding carboxylic acids is 1. The predicted molar refractivity (Wildman–Crippen MR) is 61.5 cm³/mol. The number of aryl methyl sites for hydroxylation is 1. The van der Waals surface area contributed by atoms with Crippen molar-refractivity contribution in [2.24, 2.45) is 0 Å². The Bertz CT molecular complexity index is 414. The van der Waals surface area contributed by atoms with Crippen molar-refractivity contribution in [2.75, 3.05) is 6.54 Å². The van der Waals surface area contributed by atoms with Gasteiger partial charge >= 0.3 is 5.69 Å². The molecule has 0 bridgehead atoms. The summed E-state index contributed by atoms with van der Waals surface area (Å²) in [5, 5.41) is 17.2. The van der Waals surface area contributed by atoms with Gasteiger partial charge in [-0.15, -0.1) is 0 Å². The third-order valence-electron chi connectivity index (χ3n) is 2.28. The van der Waals surface area contributed by atoms with E-state index in [1.54, 1.807) is 6.92 Å². The van der Waals surface area contributed by atoms with E-state index in [1.165, 1.54) is 10.9 Å². The lowest BCUT2D eigenvalue weighted by molar-refractivity contribution is -0.385. The Morgan fingerprint density at radius 2 is 2.35 bits per heavy atom. The third-order valence-corrected chi connectivity index (χ3v) is 2.28. The van der Waals surface area contributed by atoms with Crippen LogP contribution in [0.4, 0.5) is 5.69 Å². The summed E-state index contributed by atoms with van der Waals surface area (Å²) in [6.07, 6.45) is 3.20. The molecule has 0 saturated heterocycles. The molecule has 0 aromatic carbocycles. The van der Waals surface area contributed by atoms with E-state index in [9.17, 15) is 14.9 Å². The molecule has 1 rings (SSSR count). The highest BCUT2D eigenvalue weighted by Crippen LogP contribution is 2.14. The highest BCUT2D eigenvalue weighted by molar-refractivity contribution is 5.75. The number of carbonyl (C=O) groups is 1. The molecule has 1 aromatic rings. The first-order valence-electron chi connectivity index (χ1n) is 5.49. The lowest BCUT2D eigenvalue weighted by Gasteiger charge is -2.03. The van der Waals surface area contributed by atoms with Gasteiger partial charge in [0.15, 0.2) is 0 Å². The smallest absolute Gasteiger partial charge is 0.309 e. The van der Waals surface area contributed by atoms with Crippen LogP contribution in [0.3, 0.4) is 0 Å². The van der Waals surface area contributed by atoms with Gasteiger partial charge in [-0.2, -0.15) is 5.10 Å². The first-order valence-corrected chi connectivity index (χ1v) is 5.49. The van der Waals surface area contributed by atoms with E-state index in [-0.39, 0.29) is 18.1 Å². The minimum absolute atomic E-state index is 0.0123. The summed E-state index contributed by atoms with van der Waals surface area (Å²) < 4.78 is 1.29. The molecule has 0 spiro atoms. The number of nitrogens with zero attached hydrogens (tertiary/aromatic N) is 3. The first-order chi connectivity index (χ1) is 8.04. The Morgan fingerprint density at radius 1 is 1.65 bits per heavy atom. The minimum atomic E-state index is -0.506. The largest absolute Gasteiger partial charge is 0.354 e. The van der Waals surface area contributed by atoms with Crippen LogP contribution in [0.5, 0.6) is 0 Å². The fourth-order valence-corrected chi connectivity index (χ4v) is 1.38. The summed E-state index contributed by atoms with van der Waals surface area (Å²) in [6.45, 7) is 4.21. The molecule has 1 amide bonds. The van der Waals surface area contributed by atoms with E-state index < -0.39 is 4.92 Å². The highest BCUT2D eigenvalue weighted by atomic mass is 16.6. The maximum Gasteiger partial charge on any atom is 0.309 e. The van der Waals surface area contributed by atoms with E-state index in [0.29, 0.717) is 12.2 Å². The molecule has 0 aliphatic heterocycles. The van der Waals surface area contributed by atoms with E-state index in [1.807, 2.05) is 6.92 Å². The molecule has 0 radical (unpaired) electrons. The van der Waals surface area contributed by atoms with Crippen molar-refractivity contribution in [1.29, 1.82) is 0 Å². The van der Waals surface area contributed by atoms with E-state index >= 15 is 0 Å². The maximum absolute atomic E-state index is 11.4. The number of rotatable bonds is 6. The zero-order valence-corrected chi connectivity index (χ0v) is 9.97. The molecule has 94 valence electrons. The average Bonchev–Trinajstić information content (AvgIpc) is 2.60. The monoisotopic (exact) mass is 240 g/mol. The van der Waals surface area contributed by atoms with Crippen molar-refractivity contribution >= 4 is 11.6 Å². The molecule has 7 nitrogen and oxygen atoms in total. The summed E-state index contributed by atoms with van der Waals surface area (Å²) in [5.41, 5.74) is 0.253. The topological polar surface area (TPSA) is 90.1 Å². The molecular weight excluding hydrogens is 224 g/mol. The molecular formula is C10H16N4O3. The quantitative estimate of drug-likeness (QED) is 0.456. The van der Waals surface area contributed by atoms with Crippen LogP contribution in [0.1, 0.15) is 25.5 Å². The summed E-state index contributed by atoms with van der Waals surface area (Å²) in [4.78, 5) is 21.5. The van der Waals surface area contributed by atoms with Crippen molar-refractivity contribution < 1.29 is 9.72 Å². The summed E-state index contributed by atoms with van der Waals surface area (Å²) in [6, 6.07) is 0. The number of amides is 1. The number of hydrogen-bond donors (Lipinski definition) is 1. The molecule has 0 aliphatic carbocycles. The van der Waals surface area contributed by atoms with Crippen LogP contribution < -0.4 is 5.32 Å². The van der Waals surface area contributed by atoms with Crippen molar-refractivity contribution in [2.45, 2.75) is 33.2 Å². The summed E-state index contributed by atoms with van der Waals surface area (Å²) in [5.74, 6) is -0.184. The molecule has 0 atom stereocenters. The Balaban J connectivity index is 2.54. The van der Waals surface area contributed by atoms with Crippen molar-refractivity contribution in [1.82, 2.24) is 15.1 Å². The molecule has 0 aliphatic rings. The van der Waals surface area contributed by atoms with Gasteiger partial charge in [0.25, 0.3) is 0 Å². The summed E-state index contributed by atoms with van der Waals surface area (Å²) >= 11 is 0. The van der Waals surface area contributed by atoms with Gasteiger partial charge in [-0.1, -0.05) is 13.3 Å². The number of nitro groups is 1. The van der Waals surface area contributed by atoms with Crippen LogP contribution in [0.25, 0.3) is 0 Å². The molecule has 17 heavy (non-hydrogen) atoms. The lowest BCUT2D eigenvalue weighted by Crippen LogP contribution is -2.28. The number of hydrogen-bond acceptors (Lipinski definition) is 4. The lowest BCUT2D eigenvalue weighted by atomic mass is 10.3. The van der Waals surface area contributed by atoms with Crippen molar-refractivity contribution in [3.05, 3.63) is 22.0 Å². The Labute approximate surface area is 99.0 Å². The van der Waals surface area contributed by atoms with Gasteiger partial charge in [0.05, 0.1) is 4.92 Å². The van der Waals surface area contributed by atoms with Gasteiger partial charge in [0.2, 0.25) is 5.91 Å². The third kappa shape index (κ3) is 3.86. The number of nitrogens with one attached hydrogen (secondary N) is 1. The molecule has 0 unspecified atom stereocenters. The Morgan fingerprint density at radius 3 is 2.88 bits per heavy atom. The molecule has 7 heteroatoms. The summed E-state index contributed by atoms with van der Waals surface area (Å²) in [7, 11) is 0. The fraction of sp³-hybridized carbons (Fsp3) is 0.600. The first kappa shape index (κ1) is 13.1. The fourth-order valence-electron chi connectivity index (χ4n) is 1.38. The Hall–Kier alpha value is -1.92. The molecule has 0 saturated carbocycles. The average molecular weight is 240 g/mol. The second kappa shape index (κ2) is 5.97. The van der Waals surface area contributed by atoms with E-state index in [2.05, 4.69) is 10.4 Å². The van der Waals surface area contributed by atoms with Gasteiger partial charge in [0, 0.05) is 6.54 Å². The maximum atomic E-state index is 11.4. The number of aromatic nitrogens is 2. The SMILES string of the molecule is CCCCNC(=O)Cn1cc([N+](=O)[O-])c(C)n1. The molecule has 0 fully saturated rings. The highest BCUT2D eigenvalue weighted by Gasteiger charge is 2.16. The second-order valence-corrected chi connectivity index (χ2v) is 3.76. The van der Waals surface area contributed by atoms with Gasteiger partial charge in [-0.25, -0.2) is 0 Å². The van der Waals surface area contributed by atoms with Gasteiger partial charge in [0.1, 0.15) is 18.4 Å². The van der Waals surface area contributed by atoms with Crippen molar-refractivity contribution in [3.8, 4) is 0 Å². The standard InChI is InChI=1S/C10H16N4O3/c1-3-4-5-11-10(15)7-13-6-9(14(16)17)8(2)12-13/h6H,3-5,7H2,1-2H3,(H,11,15). The predicted octanol–water partition coefficient (Wildman–Crippen LogP) is 1.02. The zero-order valence-electron chi connectivity index (χ0n) is 9.97. The van der Waals surface area contributed by atoms with Crippen LogP contribution >= 0.6 is 0 Å². The van der Waals surface area contributed by atoms with E-state index in [0.717, 1.165) is 12.8 Å².